The molecule has 3 N–H and O–H groups in total. The molecule has 0 spiro atoms. The van der Waals surface area contributed by atoms with Crippen molar-refractivity contribution in [3.05, 3.63) is 106 Å². The number of nitrogens with one attached hydrogen (secondary N) is 3. The summed E-state index contributed by atoms with van der Waals surface area (Å²) in [5.41, 5.74) is 2.50. The number of aromatic nitrogens is 1. The van der Waals surface area contributed by atoms with E-state index < -0.39 is 35.5 Å². The minimum Gasteiger partial charge on any atom is -0.352 e. The number of carbonyl (C=O) groups excluding carboxylic acids is 5. The number of carbonyl (C=O) groups is 5. The van der Waals surface area contributed by atoms with Gasteiger partial charge in [0.05, 0.1) is 16.8 Å². The topological polar surface area (TPSA) is 125 Å². The van der Waals surface area contributed by atoms with Crippen molar-refractivity contribution >= 4 is 63.3 Å². The summed E-state index contributed by atoms with van der Waals surface area (Å²) in [6.45, 7) is 0.138. The highest BCUT2D eigenvalue weighted by molar-refractivity contribution is 6.39. The summed E-state index contributed by atoms with van der Waals surface area (Å²) in [4.78, 5) is 69.4. The van der Waals surface area contributed by atoms with Gasteiger partial charge in [-0.25, -0.2) is 0 Å². The summed E-state index contributed by atoms with van der Waals surface area (Å²) >= 11 is 12.5. The van der Waals surface area contributed by atoms with Crippen LogP contribution in [0.5, 0.6) is 0 Å². The van der Waals surface area contributed by atoms with E-state index in [-0.39, 0.29) is 43.1 Å². The third-order valence-electron chi connectivity index (χ3n) is 8.18. The molecular formula is C35H33Cl2N3O5. The first-order valence-corrected chi connectivity index (χ1v) is 15.7. The zero-order valence-electron chi connectivity index (χ0n) is 24.5. The number of amides is 2. The minimum atomic E-state index is -1.22. The predicted molar refractivity (Wildman–Crippen MR) is 173 cm³/mol. The van der Waals surface area contributed by atoms with Crippen LogP contribution in [0.25, 0.3) is 10.9 Å². The monoisotopic (exact) mass is 645 g/mol. The van der Waals surface area contributed by atoms with Gasteiger partial charge in [0.15, 0.2) is 5.78 Å². The number of aromatic amines is 1. The second-order valence-electron chi connectivity index (χ2n) is 11.4. The fraction of sp³-hybridized carbons (Fsp3) is 0.286. The van der Waals surface area contributed by atoms with Crippen molar-refractivity contribution in [1.29, 1.82) is 0 Å². The fourth-order valence-electron chi connectivity index (χ4n) is 5.77. The van der Waals surface area contributed by atoms with Crippen molar-refractivity contribution in [3.8, 4) is 0 Å². The van der Waals surface area contributed by atoms with Crippen LogP contribution in [0, 0.1) is 11.8 Å². The number of benzene rings is 3. The summed E-state index contributed by atoms with van der Waals surface area (Å²) < 4.78 is 0. The van der Waals surface area contributed by atoms with Crippen molar-refractivity contribution in [2.45, 2.75) is 51.1 Å². The molecule has 3 atom stereocenters. The van der Waals surface area contributed by atoms with Crippen LogP contribution in [0.15, 0.2) is 78.9 Å². The van der Waals surface area contributed by atoms with E-state index in [9.17, 15) is 24.0 Å². The number of hydrogen-bond donors (Lipinski definition) is 3. The lowest BCUT2D eigenvalue weighted by Gasteiger charge is -2.23. The fourth-order valence-corrected chi connectivity index (χ4v) is 6.31. The van der Waals surface area contributed by atoms with E-state index in [1.807, 2.05) is 60.7 Å². The molecule has 8 nitrogen and oxygen atoms in total. The Morgan fingerprint density at radius 1 is 0.911 bits per heavy atom. The molecule has 232 valence electrons. The maximum Gasteiger partial charge on any atom is 0.289 e. The van der Waals surface area contributed by atoms with Gasteiger partial charge in [0.2, 0.25) is 11.7 Å². The molecule has 10 heteroatoms. The quantitative estimate of drug-likeness (QED) is 0.121. The maximum atomic E-state index is 13.9. The van der Waals surface area contributed by atoms with Crippen LogP contribution in [0.4, 0.5) is 0 Å². The Morgan fingerprint density at radius 2 is 1.60 bits per heavy atom. The smallest absolute Gasteiger partial charge is 0.289 e. The Kier molecular flexibility index (Phi) is 10.5. The number of ketones is 3. The van der Waals surface area contributed by atoms with Gasteiger partial charge in [-0.1, -0.05) is 83.9 Å². The molecule has 1 fully saturated rings. The lowest BCUT2D eigenvalue weighted by molar-refractivity contribution is -0.141. The molecule has 4 aromatic rings. The zero-order valence-corrected chi connectivity index (χ0v) is 26.0. The summed E-state index contributed by atoms with van der Waals surface area (Å²) in [6, 6.07) is 22.0. The Bertz CT molecular complexity index is 1720. The molecule has 1 aromatic heterocycles. The normalized spacial score (nSPS) is 15.9. The lowest BCUT2D eigenvalue weighted by Crippen LogP contribution is -2.50. The molecule has 0 bridgehead atoms. The molecule has 2 amide bonds. The van der Waals surface area contributed by atoms with E-state index in [2.05, 4.69) is 15.6 Å². The molecule has 1 aliphatic carbocycles. The first kappa shape index (κ1) is 32.1. The van der Waals surface area contributed by atoms with Gasteiger partial charge in [-0.05, 0) is 55.0 Å². The van der Waals surface area contributed by atoms with Crippen LogP contribution < -0.4 is 10.6 Å². The van der Waals surface area contributed by atoms with Gasteiger partial charge in [-0.3, -0.25) is 24.0 Å². The number of H-pyrrole nitrogens is 1. The SMILES string of the molecule is O=C(NCc1ccccc1)C(=O)[C@H](C[C@@H]1CCCC1=O)NC(=O)[C@@H](CC(=O)c1cc2c(Cl)cc(Cl)cc2[nH]1)Cc1ccccc1. The van der Waals surface area contributed by atoms with Crippen LogP contribution in [0.1, 0.15) is 53.7 Å². The van der Waals surface area contributed by atoms with Crippen molar-refractivity contribution in [3.63, 3.8) is 0 Å². The molecule has 45 heavy (non-hydrogen) atoms. The Morgan fingerprint density at radius 3 is 2.27 bits per heavy atom. The highest BCUT2D eigenvalue weighted by atomic mass is 35.5. The number of rotatable bonds is 13. The Labute approximate surface area is 270 Å². The average Bonchev–Trinajstić information content (AvgIpc) is 3.65. The number of fused-ring (bicyclic) bond motifs is 1. The van der Waals surface area contributed by atoms with Gasteiger partial charge in [-0.15, -0.1) is 0 Å². The van der Waals surface area contributed by atoms with Crippen molar-refractivity contribution in [2.24, 2.45) is 11.8 Å². The summed E-state index contributed by atoms with van der Waals surface area (Å²) in [5.74, 6) is -3.84. The highest BCUT2D eigenvalue weighted by Crippen LogP contribution is 2.30. The third-order valence-corrected chi connectivity index (χ3v) is 8.72. The van der Waals surface area contributed by atoms with E-state index in [1.165, 1.54) is 0 Å². The molecule has 0 aliphatic heterocycles. The van der Waals surface area contributed by atoms with Crippen LogP contribution in [-0.4, -0.2) is 40.2 Å². The van der Waals surface area contributed by atoms with Crippen LogP contribution in [0.2, 0.25) is 10.0 Å². The standard InChI is InChI=1S/C35H33Cl2N3O5/c36-25-17-27(37)26-19-29(39-28(26)18-25)32(42)16-24(14-21-8-3-1-4-9-21)34(44)40-30(15-23-12-7-13-31(23)41)33(43)35(45)38-20-22-10-5-2-6-11-22/h1-6,8-11,17-19,23-24,30,39H,7,12-16,20H2,(H,38,45)(H,40,44)/t23-,24+,30-/m0/s1. The van der Waals surface area contributed by atoms with Crippen LogP contribution in [0.3, 0.4) is 0 Å². The molecule has 1 saturated carbocycles. The molecule has 0 saturated heterocycles. The predicted octanol–water partition coefficient (Wildman–Crippen LogP) is 6.04. The first-order valence-electron chi connectivity index (χ1n) is 14.9. The summed E-state index contributed by atoms with van der Waals surface area (Å²) in [7, 11) is 0. The van der Waals surface area contributed by atoms with Crippen molar-refractivity contribution < 1.29 is 24.0 Å². The molecule has 5 rings (SSSR count). The van der Waals surface area contributed by atoms with E-state index in [4.69, 9.17) is 23.2 Å². The van der Waals surface area contributed by atoms with E-state index in [0.29, 0.717) is 40.2 Å². The van der Waals surface area contributed by atoms with Gasteiger partial charge in [0, 0.05) is 47.1 Å². The lowest BCUT2D eigenvalue weighted by atomic mass is 9.90. The Balaban J connectivity index is 1.36. The van der Waals surface area contributed by atoms with Crippen LogP contribution in [-0.2, 0) is 32.1 Å². The second kappa shape index (κ2) is 14.7. The van der Waals surface area contributed by atoms with Gasteiger partial charge < -0.3 is 15.6 Å². The second-order valence-corrected chi connectivity index (χ2v) is 12.3. The number of Topliss-reactive ketones (excluding diaryl/α,β-unsaturated/α-hetero) is 3. The molecule has 0 unspecified atom stereocenters. The molecule has 1 aliphatic rings. The van der Waals surface area contributed by atoms with E-state index in [0.717, 1.165) is 11.1 Å². The number of halogens is 2. The van der Waals surface area contributed by atoms with Gasteiger partial charge in [0.25, 0.3) is 5.91 Å². The molecular weight excluding hydrogens is 613 g/mol. The maximum absolute atomic E-state index is 13.9. The Hall–Kier alpha value is -4.27. The third kappa shape index (κ3) is 8.26. The molecule has 3 aromatic carbocycles. The van der Waals surface area contributed by atoms with E-state index in [1.54, 1.807) is 18.2 Å². The van der Waals surface area contributed by atoms with Gasteiger partial charge >= 0.3 is 0 Å². The summed E-state index contributed by atoms with van der Waals surface area (Å²) in [5, 5.41) is 6.82. The molecule has 0 radical (unpaired) electrons. The van der Waals surface area contributed by atoms with Gasteiger partial charge in [-0.2, -0.15) is 0 Å². The number of hydrogen-bond acceptors (Lipinski definition) is 5. The van der Waals surface area contributed by atoms with Crippen molar-refractivity contribution in [1.82, 2.24) is 15.6 Å². The van der Waals surface area contributed by atoms with E-state index >= 15 is 0 Å². The minimum absolute atomic E-state index is 0.0142. The first-order chi connectivity index (χ1) is 21.7. The largest absolute Gasteiger partial charge is 0.352 e. The zero-order chi connectivity index (χ0) is 31.9. The van der Waals surface area contributed by atoms with Crippen LogP contribution >= 0.6 is 23.2 Å². The highest BCUT2D eigenvalue weighted by Gasteiger charge is 2.35. The van der Waals surface area contributed by atoms with Gasteiger partial charge in [0.1, 0.15) is 5.78 Å². The van der Waals surface area contributed by atoms with Crippen molar-refractivity contribution in [2.75, 3.05) is 0 Å². The molecule has 1 heterocycles. The summed E-state index contributed by atoms with van der Waals surface area (Å²) in [6.07, 6.45) is 1.75. The average molecular weight is 647 g/mol.